The van der Waals surface area contributed by atoms with Gasteiger partial charge in [0.25, 0.3) is 0 Å². The molecule has 1 aliphatic heterocycles. The lowest BCUT2D eigenvalue weighted by Gasteiger charge is -2.24. The molecule has 3 heteroatoms. The van der Waals surface area contributed by atoms with E-state index >= 15 is 0 Å². The molecule has 20 heavy (non-hydrogen) atoms. The number of hydrogen-bond donors (Lipinski definition) is 0. The molecule has 3 rings (SSSR count). The normalized spacial score (nSPS) is 12.1. The minimum Gasteiger partial charge on any atom is -0.493 e. The van der Waals surface area contributed by atoms with Gasteiger partial charge in [0.1, 0.15) is 23.0 Å². The molecule has 2 aromatic carbocycles. The fraction of sp³-hybridized carbons (Fsp3) is 0.294. The lowest BCUT2D eigenvalue weighted by Crippen LogP contribution is -2.08. The summed E-state index contributed by atoms with van der Waals surface area (Å²) in [6.07, 6.45) is 0.775. The van der Waals surface area contributed by atoms with Crippen LogP contribution in [-0.4, -0.2) is 13.2 Å². The standard InChI is InChI=1S/C17H18O3/c1-3-18-14-7-5-9-16-12(14)11-13-15(19-4-2)8-6-10-17(13)20-16/h5-10H,3-4,11H2,1-2H3. The molecular weight excluding hydrogens is 252 g/mol. The minimum absolute atomic E-state index is 0.649. The van der Waals surface area contributed by atoms with E-state index in [1.165, 1.54) is 0 Å². The third kappa shape index (κ3) is 2.20. The van der Waals surface area contributed by atoms with Crippen LogP contribution in [0.1, 0.15) is 25.0 Å². The van der Waals surface area contributed by atoms with E-state index in [-0.39, 0.29) is 0 Å². The van der Waals surface area contributed by atoms with Crippen LogP contribution in [0.2, 0.25) is 0 Å². The van der Waals surface area contributed by atoms with Gasteiger partial charge in [0.2, 0.25) is 0 Å². The molecular formula is C17H18O3. The molecule has 0 aromatic heterocycles. The quantitative estimate of drug-likeness (QED) is 0.711. The van der Waals surface area contributed by atoms with Gasteiger partial charge in [0.05, 0.1) is 13.2 Å². The average molecular weight is 270 g/mol. The van der Waals surface area contributed by atoms with Gasteiger partial charge in [0.15, 0.2) is 0 Å². The summed E-state index contributed by atoms with van der Waals surface area (Å²) < 4.78 is 17.4. The first kappa shape index (κ1) is 12.9. The largest absolute Gasteiger partial charge is 0.493 e. The molecule has 0 fully saturated rings. The molecule has 0 spiro atoms. The molecule has 0 saturated carbocycles. The Kier molecular flexibility index (Phi) is 3.50. The molecule has 0 atom stereocenters. The zero-order valence-electron chi connectivity index (χ0n) is 11.8. The van der Waals surface area contributed by atoms with Gasteiger partial charge in [0, 0.05) is 17.5 Å². The van der Waals surface area contributed by atoms with Crippen molar-refractivity contribution in [2.24, 2.45) is 0 Å². The van der Waals surface area contributed by atoms with Crippen molar-refractivity contribution in [3.8, 4) is 23.0 Å². The van der Waals surface area contributed by atoms with Crippen LogP contribution in [0.4, 0.5) is 0 Å². The van der Waals surface area contributed by atoms with E-state index in [2.05, 4.69) is 0 Å². The molecule has 3 nitrogen and oxygen atoms in total. The van der Waals surface area contributed by atoms with Crippen molar-refractivity contribution in [3.63, 3.8) is 0 Å². The second-order valence-electron chi connectivity index (χ2n) is 4.61. The third-order valence-electron chi connectivity index (χ3n) is 3.35. The van der Waals surface area contributed by atoms with Crippen molar-refractivity contribution in [3.05, 3.63) is 47.5 Å². The Morgan fingerprint density at radius 2 is 1.35 bits per heavy atom. The highest BCUT2D eigenvalue weighted by Crippen LogP contribution is 2.43. The van der Waals surface area contributed by atoms with E-state index in [0.29, 0.717) is 13.2 Å². The summed E-state index contributed by atoms with van der Waals surface area (Å²) in [6.45, 7) is 5.28. The van der Waals surface area contributed by atoms with Crippen LogP contribution in [0.25, 0.3) is 0 Å². The Bertz CT molecular complexity index is 566. The third-order valence-corrected chi connectivity index (χ3v) is 3.35. The van der Waals surface area contributed by atoms with Gasteiger partial charge in [-0.15, -0.1) is 0 Å². The van der Waals surface area contributed by atoms with Crippen molar-refractivity contribution < 1.29 is 14.2 Å². The van der Waals surface area contributed by atoms with Crippen LogP contribution in [0.3, 0.4) is 0 Å². The van der Waals surface area contributed by atoms with Crippen LogP contribution in [-0.2, 0) is 6.42 Å². The summed E-state index contributed by atoms with van der Waals surface area (Å²) in [4.78, 5) is 0. The van der Waals surface area contributed by atoms with Crippen molar-refractivity contribution in [1.82, 2.24) is 0 Å². The van der Waals surface area contributed by atoms with Gasteiger partial charge < -0.3 is 14.2 Å². The Morgan fingerprint density at radius 1 is 0.850 bits per heavy atom. The Hall–Kier alpha value is -2.16. The van der Waals surface area contributed by atoms with E-state index in [9.17, 15) is 0 Å². The van der Waals surface area contributed by atoms with E-state index in [1.54, 1.807) is 0 Å². The Labute approximate surface area is 119 Å². The first-order valence-electron chi connectivity index (χ1n) is 7.00. The summed E-state index contributed by atoms with van der Waals surface area (Å²) in [5.41, 5.74) is 2.18. The smallest absolute Gasteiger partial charge is 0.134 e. The van der Waals surface area contributed by atoms with Crippen LogP contribution < -0.4 is 14.2 Å². The molecule has 0 N–H and O–H groups in total. The molecule has 1 aliphatic rings. The molecule has 0 unspecified atom stereocenters. The molecule has 104 valence electrons. The monoisotopic (exact) mass is 270 g/mol. The van der Waals surface area contributed by atoms with E-state index in [1.807, 2.05) is 50.2 Å². The van der Waals surface area contributed by atoms with Gasteiger partial charge in [-0.3, -0.25) is 0 Å². The number of benzene rings is 2. The second-order valence-corrected chi connectivity index (χ2v) is 4.61. The van der Waals surface area contributed by atoms with Crippen molar-refractivity contribution in [1.29, 1.82) is 0 Å². The SMILES string of the molecule is CCOc1cccc2c1Cc1c(OCC)cccc1O2. The molecule has 0 saturated heterocycles. The minimum atomic E-state index is 0.649. The Morgan fingerprint density at radius 3 is 1.80 bits per heavy atom. The number of rotatable bonds is 4. The fourth-order valence-corrected chi connectivity index (χ4v) is 2.51. The molecule has 0 amide bonds. The maximum absolute atomic E-state index is 5.99. The molecule has 1 heterocycles. The van der Waals surface area contributed by atoms with Crippen molar-refractivity contribution >= 4 is 0 Å². The summed E-state index contributed by atoms with van der Waals surface area (Å²) in [5.74, 6) is 3.53. The summed E-state index contributed by atoms with van der Waals surface area (Å²) in [5, 5.41) is 0. The maximum Gasteiger partial charge on any atom is 0.134 e. The summed E-state index contributed by atoms with van der Waals surface area (Å²) in [6, 6.07) is 11.9. The van der Waals surface area contributed by atoms with Crippen molar-refractivity contribution in [2.45, 2.75) is 20.3 Å². The zero-order chi connectivity index (χ0) is 13.9. The van der Waals surface area contributed by atoms with Crippen LogP contribution in [0.15, 0.2) is 36.4 Å². The lowest BCUT2D eigenvalue weighted by atomic mass is 9.98. The molecule has 2 aromatic rings. The first-order valence-corrected chi connectivity index (χ1v) is 7.00. The summed E-state index contributed by atoms with van der Waals surface area (Å²) >= 11 is 0. The second kappa shape index (κ2) is 5.45. The van der Waals surface area contributed by atoms with Crippen LogP contribution >= 0.6 is 0 Å². The van der Waals surface area contributed by atoms with Gasteiger partial charge >= 0.3 is 0 Å². The predicted molar refractivity (Wildman–Crippen MR) is 78.1 cm³/mol. The predicted octanol–water partition coefficient (Wildman–Crippen LogP) is 4.18. The van der Waals surface area contributed by atoms with E-state index < -0.39 is 0 Å². The summed E-state index contributed by atoms with van der Waals surface area (Å²) in [7, 11) is 0. The number of fused-ring (bicyclic) bond motifs is 2. The van der Waals surface area contributed by atoms with Crippen LogP contribution in [0.5, 0.6) is 23.0 Å². The highest BCUT2D eigenvalue weighted by Gasteiger charge is 2.23. The van der Waals surface area contributed by atoms with E-state index in [0.717, 1.165) is 40.5 Å². The average Bonchev–Trinajstić information content (AvgIpc) is 2.47. The van der Waals surface area contributed by atoms with Gasteiger partial charge in [-0.2, -0.15) is 0 Å². The zero-order valence-corrected chi connectivity index (χ0v) is 11.8. The van der Waals surface area contributed by atoms with E-state index in [4.69, 9.17) is 14.2 Å². The maximum atomic E-state index is 5.99. The van der Waals surface area contributed by atoms with Crippen molar-refractivity contribution in [2.75, 3.05) is 13.2 Å². The topological polar surface area (TPSA) is 27.7 Å². The highest BCUT2D eigenvalue weighted by molar-refractivity contribution is 5.58. The molecule has 0 radical (unpaired) electrons. The molecule has 0 bridgehead atoms. The van der Waals surface area contributed by atoms with Gasteiger partial charge in [-0.1, -0.05) is 12.1 Å². The first-order chi connectivity index (χ1) is 9.83. The van der Waals surface area contributed by atoms with Gasteiger partial charge in [-0.05, 0) is 38.1 Å². The lowest BCUT2D eigenvalue weighted by molar-refractivity contribution is 0.324. The Balaban J connectivity index is 2.03. The van der Waals surface area contributed by atoms with Crippen LogP contribution in [0, 0.1) is 0 Å². The highest BCUT2D eigenvalue weighted by atomic mass is 16.5. The van der Waals surface area contributed by atoms with Gasteiger partial charge in [-0.25, -0.2) is 0 Å². The fourth-order valence-electron chi connectivity index (χ4n) is 2.51. The number of ether oxygens (including phenoxy) is 3. The molecule has 0 aliphatic carbocycles. The number of hydrogen-bond acceptors (Lipinski definition) is 3.